The molecule has 1 aliphatic carbocycles. The molecule has 0 unspecified atom stereocenters. The molecule has 0 saturated heterocycles. The third-order valence-corrected chi connectivity index (χ3v) is 13.6. The number of ether oxygens (including phenoxy) is 2. The fourth-order valence-electron chi connectivity index (χ4n) is 8.51. The first kappa shape index (κ1) is 46.2. The number of hydrogen-bond donors (Lipinski definition) is 3. The fourth-order valence-corrected chi connectivity index (χ4v) is 10.1. The molecule has 2 amide bonds. The molecule has 0 radical (unpaired) electrons. The molecule has 9 nitrogen and oxygen atoms in total. The van der Waals surface area contributed by atoms with Crippen molar-refractivity contribution in [3.8, 4) is 11.1 Å². The Morgan fingerprint density at radius 2 is 1.17 bits per heavy atom. The third kappa shape index (κ3) is 11.3. The van der Waals surface area contributed by atoms with Gasteiger partial charge in [0.1, 0.15) is 13.2 Å². The number of fused-ring (bicyclic) bond motifs is 3. The molecule has 65 heavy (non-hydrogen) atoms. The first-order valence-corrected chi connectivity index (χ1v) is 22.9. The van der Waals surface area contributed by atoms with Gasteiger partial charge in [0, 0.05) is 18.1 Å². The van der Waals surface area contributed by atoms with Crippen LogP contribution in [0.2, 0.25) is 0 Å². The zero-order valence-corrected chi connectivity index (χ0v) is 37.2. The number of Topliss-reactive ketones (excluding diaryl/α,β-unsaturated/α-hetero) is 1. The van der Waals surface area contributed by atoms with Crippen molar-refractivity contribution in [1.29, 1.82) is 0 Å². The first-order chi connectivity index (χ1) is 31.7. The van der Waals surface area contributed by atoms with Crippen molar-refractivity contribution in [1.82, 2.24) is 10.6 Å². The smallest absolute Gasteiger partial charge is 0.407 e. The van der Waals surface area contributed by atoms with Crippen LogP contribution in [-0.4, -0.2) is 66.0 Å². The molecule has 6 aromatic carbocycles. The van der Waals surface area contributed by atoms with E-state index in [-0.39, 0.29) is 49.9 Å². The molecule has 1 aliphatic rings. The second kappa shape index (κ2) is 22.2. The van der Waals surface area contributed by atoms with E-state index in [1.165, 1.54) is 17.8 Å². The highest BCUT2D eigenvalue weighted by molar-refractivity contribution is 8.00. The molecule has 0 spiro atoms. The monoisotopic (exact) mass is 886 g/mol. The van der Waals surface area contributed by atoms with Gasteiger partial charge in [-0.25, -0.2) is 4.79 Å². The Kier molecular flexibility index (Phi) is 15.8. The van der Waals surface area contributed by atoms with Gasteiger partial charge in [0.15, 0.2) is 5.78 Å². The highest BCUT2D eigenvalue weighted by Gasteiger charge is 2.40. The third-order valence-electron chi connectivity index (χ3n) is 11.8. The molecular weight excluding hydrogens is 833 g/mol. The number of nitrogens with one attached hydrogen (secondary N) is 2. The second-order valence-corrected chi connectivity index (χ2v) is 17.4. The number of ketones is 1. The number of rotatable bonds is 21. The van der Waals surface area contributed by atoms with E-state index >= 15 is 0 Å². The quantitative estimate of drug-likeness (QED) is 0.0371. The molecule has 4 atom stereocenters. The standard InChI is InChI=1S/C55H54N2O7S/c1-3-32-63-52(60)35-51(59)49(33-39-20-8-4-9-21-39)57-53(61)40(37-65-55(41-22-10-5-11-23-41,42-24-12-6-13-25-42)43-26-14-7-15-27-43)34-50(58)38(2)56-54(62)64-36-48-46-30-18-16-28-44(46)45-29-17-19-31-47(45)48/h3-31,38,40,48-49,51,59H,1,32-37H2,2H3,(H,56,62)(H,57,61)/t38-,40-,49-,51+/m1/s1. The Morgan fingerprint density at radius 1 is 0.677 bits per heavy atom. The average Bonchev–Trinajstić information content (AvgIpc) is 3.66. The molecule has 6 aromatic rings. The number of thioether (sulfide) groups is 1. The van der Waals surface area contributed by atoms with Crippen LogP contribution < -0.4 is 10.6 Å². The van der Waals surface area contributed by atoms with Crippen LogP contribution in [0.3, 0.4) is 0 Å². The summed E-state index contributed by atoms with van der Waals surface area (Å²) < 4.78 is 10.2. The summed E-state index contributed by atoms with van der Waals surface area (Å²) in [5.74, 6) is -2.46. The van der Waals surface area contributed by atoms with E-state index in [4.69, 9.17) is 9.47 Å². The van der Waals surface area contributed by atoms with Crippen molar-refractivity contribution in [2.45, 2.75) is 55.0 Å². The zero-order valence-electron chi connectivity index (χ0n) is 36.4. The van der Waals surface area contributed by atoms with Crippen molar-refractivity contribution in [3.05, 3.63) is 216 Å². The summed E-state index contributed by atoms with van der Waals surface area (Å²) in [7, 11) is 0. The highest BCUT2D eigenvalue weighted by atomic mass is 32.2. The molecule has 0 saturated carbocycles. The molecule has 0 aliphatic heterocycles. The van der Waals surface area contributed by atoms with Crippen LogP contribution in [0.25, 0.3) is 11.1 Å². The molecule has 3 N–H and O–H groups in total. The molecule has 0 aromatic heterocycles. The number of alkyl carbamates (subject to hydrolysis) is 1. The van der Waals surface area contributed by atoms with Gasteiger partial charge in [0.2, 0.25) is 5.91 Å². The van der Waals surface area contributed by atoms with Gasteiger partial charge >= 0.3 is 12.1 Å². The Bertz CT molecular complexity index is 2400. The molecule has 332 valence electrons. The second-order valence-electron chi connectivity index (χ2n) is 16.2. The van der Waals surface area contributed by atoms with Crippen LogP contribution in [0.5, 0.6) is 0 Å². The molecule has 10 heteroatoms. The Morgan fingerprint density at radius 3 is 1.69 bits per heavy atom. The maximum Gasteiger partial charge on any atom is 0.407 e. The van der Waals surface area contributed by atoms with E-state index in [0.717, 1.165) is 44.5 Å². The van der Waals surface area contributed by atoms with Crippen LogP contribution in [-0.2, 0) is 35.0 Å². The van der Waals surface area contributed by atoms with Crippen LogP contribution in [0.15, 0.2) is 183 Å². The lowest BCUT2D eigenvalue weighted by atomic mass is 9.84. The van der Waals surface area contributed by atoms with E-state index in [1.807, 2.05) is 121 Å². The maximum atomic E-state index is 14.8. The summed E-state index contributed by atoms with van der Waals surface area (Å²) in [5.41, 5.74) is 8.11. The maximum absolute atomic E-state index is 14.8. The van der Waals surface area contributed by atoms with Gasteiger partial charge in [-0.3, -0.25) is 14.4 Å². The average molecular weight is 887 g/mol. The highest BCUT2D eigenvalue weighted by Crippen LogP contribution is 2.49. The van der Waals surface area contributed by atoms with Crippen molar-refractivity contribution < 1.29 is 33.8 Å². The van der Waals surface area contributed by atoms with Crippen LogP contribution in [0.1, 0.15) is 59.1 Å². The largest absolute Gasteiger partial charge is 0.461 e. The minimum Gasteiger partial charge on any atom is -0.461 e. The summed E-state index contributed by atoms with van der Waals surface area (Å²) in [6.45, 7) is 5.24. The van der Waals surface area contributed by atoms with Crippen LogP contribution >= 0.6 is 11.8 Å². The van der Waals surface area contributed by atoms with E-state index in [0.29, 0.717) is 0 Å². The van der Waals surface area contributed by atoms with Crippen molar-refractivity contribution in [2.75, 3.05) is 19.0 Å². The number of aliphatic hydroxyl groups excluding tert-OH is 1. The van der Waals surface area contributed by atoms with E-state index in [9.17, 15) is 24.3 Å². The number of carbonyl (C=O) groups is 4. The Balaban J connectivity index is 1.15. The van der Waals surface area contributed by atoms with Crippen LogP contribution in [0.4, 0.5) is 4.79 Å². The minimum atomic E-state index is -1.31. The molecular formula is C55H54N2O7S. The van der Waals surface area contributed by atoms with Crippen LogP contribution in [0, 0.1) is 5.92 Å². The minimum absolute atomic E-state index is 0.0169. The molecule has 7 rings (SSSR count). The summed E-state index contributed by atoms with van der Waals surface area (Å²) >= 11 is 1.53. The van der Waals surface area contributed by atoms with Gasteiger partial charge in [0.25, 0.3) is 0 Å². The molecule has 0 fully saturated rings. The summed E-state index contributed by atoms with van der Waals surface area (Å²) in [4.78, 5) is 55.2. The number of benzene rings is 6. The van der Waals surface area contributed by atoms with Gasteiger partial charge < -0.3 is 25.2 Å². The summed E-state index contributed by atoms with van der Waals surface area (Å²) in [6.07, 6.45) is -1.02. The first-order valence-electron chi connectivity index (χ1n) is 21.9. The predicted molar refractivity (Wildman–Crippen MR) is 256 cm³/mol. The van der Waals surface area contributed by atoms with E-state index in [1.54, 1.807) is 6.92 Å². The normalized spacial score (nSPS) is 13.8. The number of esters is 1. The Labute approximate surface area is 385 Å². The zero-order chi connectivity index (χ0) is 45.6. The molecule has 0 bridgehead atoms. The van der Waals surface area contributed by atoms with Gasteiger partial charge in [-0.15, -0.1) is 11.8 Å². The number of hydrogen-bond acceptors (Lipinski definition) is 8. The van der Waals surface area contributed by atoms with Crippen molar-refractivity contribution in [2.24, 2.45) is 5.92 Å². The Hall–Kier alpha value is -6.75. The topological polar surface area (TPSA) is 131 Å². The SMILES string of the molecule is C=CCOC(=O)C[C@H](O)[C@@H](Cc1ccccc1)NC(=O)[C@@H](CSC(c1ccccc1)(c1ccccc1)c1ccccc1)CC(=O)[C@@H](C)NC(=O)OCC1c2ccccc2-c2ccccc21. The number of amides is 2. The number of aliphatic hydroxyl groups is 1. The van der Waals surface area contributed by atoms with Gasteiger partial charge in [-0.05, 0) is 57.9 Å². The van der Waals surface area contributed by atoms with Gasteiger partial charge in [0.05, 0.1) is 35.3 Å². The lowest BCUT2D eigenvalue weighted by Crippen LogP contribution is -2.49. The lowest BCUT2D eigenvalue weighted by Gasteiger charge is -2.36. The summed E-state index contributed by atoms with van der Waals surface area (Å²) in [6, 6.07) is 53.7. The van der Waals surface area contributed by atoms with E-state index in [2.05, 4.69) is 65.7 Å². The van der Waals surface area contributed by atoms with Gasteiger partial charge in [-0.1, -0.05) is 183 Å². The lowest BCUT2D eigenvalue weighted by molar-refractivity contribution is -0.145. The predicted octanol–water partition coefficient (Wildman–Crippen LogP) is 9.42. The number of carbonyl (C=O) groups excluding carboxylic acids is 4. The van der Waals surface area contributed by atoms with E-state index < -0.39 is 46.8 Å². The van der Waals surface area contributed by atoms with Crippen molar-refractivity contribution in [3.63, 3.8) is 0 Å². The fraction of sp³-hybridized carbons (Fsp3) is 0.236. The molecule has 0 heterocycles. The van der Waals surface area contributed by atoms with Crippen molar-refractivity contribution >= 4 is 35.5 Å². The van der Waals surface area contributed by atoms with Gasteiger partial charge in [-0.2, -0.15) is 0 Å². The summed E-state index contributed by atoms with van der Waals surface area (Å²) in [5, 5.41) is 17.3.